The number of benzene rings is 3. The van der Waals surface area contributed by atoms with E-state index in [1.54, 1.807) is 31.4 Å². The number of carbonyl (C=O) groups is 1. The molecule has 3 aromatic carbocycles. The van der Waals surface area contributed by atoms with Gasteiger partial charge in [0.25, 0.3) is 10.0 Å². The van der Waals surface area contributed by atoms with E-state index >= 15 is 0 Å². The van der Waals surface area contributed by atoms with Crippen molar-refractivity contribution >= 4 is 38.1 Å². The molecule has 1 amide bonds. The number of ether oxygens (including phenoxy) is 2. The van der Waals surface area contributed by atoms with Gasteiger partial charge >= 0.3 is 0 Å². The number of nitrogens with zero attached hydrogens (tertiary/aromatic N) is 3. The largest absolute Gasteiger partial charge is 0.497 e. The average Bonchev–Trinajstić information content (AvgIpc) is 3.36. The predicted molar refractivity (Wildman–Crippen MR) is 139 cm³/mol. The molecule has 0 bridgehead atoms. The van der Waals surface area contributed by atoms with E-state index in [1.165, 1.54) is 12.1 Å². The molecular weight excluding hydrogens is 519 g/mol. The molecule has 0 unspecified atom stereocenters. The van der Waals surface area contributed by atoms with Crippen LogP contribution in [0.3, 0.4) is 0 Å². The molecule has 1 N–H and O–H groups in total. The highest BCUT2D eigenvalue weighted by Crippen LogP contribution is 2.29. The summed E-state index contributed by atoms with van der Waals surface area (Å²) in [4.78, 5) is 12.8. The Hall–Kier alpha value is -4.03. The van der Waals surface area contributed by atoms with E-state index < -0.39 is 28.3 Å². The molecule has 1 heterocycles. The second-order valence-corrected chi connectivity index (χ2v) is 10.4. The molecule has 12 heteroatoms. The number of rotatable bonds is 10. The van der Waals surface area contributed by atoms with Crippen LogP contribution in [0.1, 0.15) is 6.92 Å². The summed E-state index contributed by atoms with van der Waals surface area (Å²) in [7, 11) is -2.64. The van der Waals surface area contributed by atoms with Crippen LogP contribution < -0.4 is 19.1 Å². The van der Waals surface area contributed by atoms with E-state index in [4.69, 9.17) is 9.47 Å². The normalized spacial score (nSPS) is 11.1. The zero-order valence-electron chi connectivity index (χ0n) is 19.9. The van der Waals surface area contributed by atoms with Gasteiger partial charge in [-0.2, -0.15) is 0 Å². The summed E-state index contributed by atoms with van der Waals surface area (Å²) in [6, 6.07) is 17.9. The molecule has 4 aromatic rings. The zero-order valence-corrected chi connectivity index (χ0v) is 21.6. The number of carbonyl (C=O) groups excluding carboxylic acids is 1. The van der Waals surface area contributed by atoms with E-state index in [0.717, 1.165) is 45.5 Å². The molecule has 0 aliphatic rings. The maximum Gasteiger partial charge on any atom is 0.264 e. The first-order valence-electron chi connectivity index (χ1n) is 11.1. The summed E-state index contributed by atoms with van der Waals surface area (Å²) < 4.78 is 51.8. The maximum absolute atomic E-state index is 13.4. The van der Waals surface area contributed by atoms with E-state index in [9.17, 15) is 17.6 Å². The topological polar surface area (TPSA) is 111 Å². The second kappa shape index (κ2) is 11.4. The molecule has 0 spiro atoms. The molecule has 0 saturated carbocycles. The van der Waals surface area contributed by atoms with Crippen molar-refractivity contribution in [1.29, 1.82) is 0 Å². The molecule has 37 heavy (non-hydrogen) atoms. The SMILES string of the molecule is CCOc1ccc(N(CC(=O)Nc2nnc(-c3ccc(OC)cc3)s2)S(=O)(=O)c2ccc(F)cc2)cc1. The minimum atomic E-state index is -4.21. The molecule has 9 nitrogen and oxygen atoms in total. The van der Waals surface area contributed by atoms with Gasteiger partial charge in [-0.1, -0.05) is 11.3 Å². The molecule has 4 rings (SSSR count). The van der Waals surface area contributed by atoms with Crippen LogP contribution in [0.4, 0.5) is 15.2 Å². The fourth-order valence-corrected chi connectivity index (χ4v) is 5.52. The van der Waals surface area contributed by atoms with Crippen LogP contribution in [0.15, 0.2) is 77.7 Å². The molecule has 1 aromatic heterocycles. The number of hydrogen-bond acceptors (Lipinski definition) is 8. The average molecular weight is 543 g/mol. The van der Waals surface area contributed by atoms with Crippen molar-refractivity contribution in [3.05, 3.63) is 78.6 Å². The standard InChI is InChI=1S/C25H23FN4O5S2/c1-3-35-21-12-8-19(9-13-21)30(37(32,33)22-14-6-18(26)7-15-22)16-23(31)27-25-29-28-24(36-25)17-4-10-20(34-2)11-5-17/h4-15H,3,16H2,1-2H3,(H,27,29,31). The monoisotopic (exact) mass is 542 g/mol. The lowest BCUT2D eigenvalue weighted by Gasteiger charge is -2.24. The number of halogens is 1. The van der Waals surface area contributed by atoms with Crippen LogP contribution in [0.25, 0.3) is 10.6 Å². The Kier molecular flexibility index (Phi) is 7.99. The van der Waals surface area contributed by atoms with Gasteiger partial charge in [0, 0.05) is 5.56 Å². The van der Waals surface area contributed by atoms with Gasteiger partial charge in [-0.25, -0.2) is 12.8 Å². The summed E-state index contributed by atoms with van der Waals surface area (Å²) in [5.74, 6) is 0.0403. The van der Waals surface area contributed by atoms with Gasteiger partial charge in [-0.3, -0.25) is 14.4 Å². The molecule has 0 radical (unpaired) electrons. The molecule has 192 valence electrons. The molecule has 0 fully saturated rings. The van der Waals surface area contributed by atoms with E-state index in [2.05, 4.69) is 15.5 Å². The third-order valence-electron chi connectivity index (χ3n) is 5.13. The number of amides is 1. The summed E-state index contributed by atoms with van der Waals surface area (Å²) >= 11 is 1.14. The van der Waals surface area contributed by atoms with Gasteiger partial charge in [0.2, 0.25) is 11.0 Å². The van der Waals surface area contributed by atoms with Gasteiger partial charge in [0.1, 0.15) is 28.9 Å². The van der Waals surface area contributed by atoms with Crippen molar-refractivity contribution in [2.45, 2.75) is 11.8 Å². The van der Waals surface area contributed by atoms with Crippen LogP contribution in [-0.2, 0) is 14.8 Å². The van der Waals surface area contributed by atoms with E-state index in [1.807, 2.05) is 19.1 Å². The molecule has 0 atom stereocenters. The lowest BCUT2D eigenvalue weighted by Crippen LogP contribution is -2.38. The van der Waals surface area contributed by atoms with Gasteiger partial charge in [-0.05, 0) is 79.7 Å². The summed E-state index contributed by atoms with van der Waals surface area (Å²) in [6.45, 7) is 1.72. The fourth-order valence-electron chi connectivity index (χ4n) is 3.34. The Balaban J connectivity index is 1.57. The smallest absolute Gasteiger partial charge is 0.264 e. The van der Waals surface area contributed by atoms with Crippen LogP contribution in [0, 0.1) is 5.82 Å². The molecular formula is C25H23FN4O5S2. The van der Waals surface area contributed by atoms with E-state index in [0.29, 0.717) is 23.1 Å². The van der Waals surface area contributed by atoms with Crippen LogP contribution in [0.2, 0.25) is 0 Å². The van der Waals surface area contributed by atoms with Crippen molar-refractivity contribution in [3.8, 4) is 22.1 Å². The lowest BCUT2D eigenvalue weighted by molar-refractivity contribution is -0.114. The first-order chi connectivity index (χ1) is 17.8. The fraction of sp³-hybridized carbons (Fsp3) is 0.160. The third kappa shape index (κ3) is 6.22. The van der Waals surface area contributed by atoms with Gasteiger partial charge in [0.15, 0.2) is 0 Å². The number of aromatic nitrogens is 2. The molecule has 0 aliphatic heterocycles. The zero-order chi connectivity index (χ0) is 26.4. The first-order valence-corrected chi connectivity index (χ1v) is 13.3. The first kappa shape index (κ1) is 26.0. The number of nitrogens with one attached hydrogen (secondary N) is 1. The van der Waals surface area contributed by atoms with Crippen molar-refractivity contribution < 1.29 is 27.1 Å². The van der Waals surface area contributed by atoms with Crippen LogP contribution in [0.5, 0.6) is 11.5 Å². The Labute approximate surface area is 217 Å². The van der Waals surface area contributed by atoms with Gasteiger partial charge < -0.3 is 9.47 Å². The molecule has 0 saturated heterocycles. The van der Waals surface area contributed by atoms with Crippen molar-refractivity contribution in [3.63, 3.8) is 0 Å². The number of anilines is 2. The van der Waals surface area contributed by atoms with Gasteiger partial charge in [-0.15, -0.1) is 10.2 Å². The van der Waals surface area contributed by atoms with Gasteiger partial charge in [0.05, 0.1) is 24.3 Å². The lowest BCUT2D eigenvalue weighted by atomic mass is 10.2. The maximum atomic E-state index is 13.4. The third-order valence-corrected chi connectivity index (χ3v) is 7.81. The Morgan fingerprint density at radius 1 is 0.973 bits per heavy atom. The highest BCUT2D eigenvalue weighted by atomic mass is 32.2. The Bertz CT molecular complexity index is 1460. The summed E-state index contributed by atoms with van der Waals surface area (Å²) in [5.41, 5.74) is 1.02. The van der Waals surface area contributed by atoms with Crippen molar-refractivity contribution in [1.82, 2.24) is 10.2 Å². The summed E-state index contributed by atoms with van der Waals surface area (Å²) in [6.07, 6.45) is 0. The minimum Gasteiger partial charge on any atom is -0.497 e. The predicted octanol–water partition coefficient (Wildman–Crippen LogP) is 4.59. The number of hydrogen-bond donors (Lipinski definition) is 1. The Morgan fingerprint density at radius 3 is 2.24 bits per heavy atom. The quantitative estimate of drug-likeness (QED) is 0.312. The second-order valence-electron chi connectivity index (χ2n) is 7.58. The van der Waals surface area contributed by atoms with Crippen LogP contribution >= 0.6 is 11.3 Å². The van der Waals surface area contributed by atoms with Crippen LogP contribution in [-0.4, -0.2) is 44.8 Å². The Morgan fingerprint density at radius 2 is 1.62 bits per heavy atom. The highest BCUT2D eigenvalue weighted by Gasteiger charge is 2.28. The molecule has 0 aliphatic carbocycles. The van der Waals surface area contributed by atoms with Crippen molar-refractivity contribution in [2.75, 3.05) is 29.9 Å². The van der Waals surface area contributed by atoms with E-state index in [-0.39, 0.29) is 15.7 Å². The number of methoxy groups -OCH3 is 1. The minimum absolute atomic E-state index is 0.159. The number of sulfonamides is 1. The highest BCUT2D eigenvalue weighted by molar-refractivity contribution is 7.92. The van der Waals surface area contributed by atoms with Crippen molar-refractivity contribution in [2.24, 2.45) is 0 Å². The summed E-state index contributed by atoms with van der Waals surface area (Å²) in [5, 5.41) is 11.5.